The summed E-state index contributed by atoms with van der Waals surface area (Å²) < 4.78 is 2.00. The molecule has 0 amide bonds. The fraction of sp³-hybridized carbons (Fsp3) is 0.786. The quantitative estimate of drug-likeness (QED) is 0.904. The molecule has 19 heavy (non-hydrogen) atoms. The topological polar surface area (TPSA) is 41.3 Å². The van der Waals surface area contributed by atoms with Crippen molar-refractivity contribution in [2.45, 2.75) is 58.7 Å². The Balaban J connectivity index is 2.19. The van der Waals surface area contributed by atoms with Crippen molar-refractivity contribution >= 4 is 11.6 Å². The highest BCUT2D eigenvalue weighted by atomic mass is 35.5. The van der Waals surface area contributed by atoms with Gasteiger partial charge < -0.3 is 5.11 Å². The van der Waals surface area contributed by atoms with E-state index in [9.17, 15) is 5.11 Å². The summed E-state index contributed by atoms with van der Waals surface area (Å²) in [5.74, 6) is 0. The Hall–Kier alpha value is -0.580. The molecule has 0 aromatic carbocycles. The molecule has 1 N–H and O–H groups in total. The summed E-state index contributed by atoms with van der Waals surface area (Å²) in [6.07, 6.45) is 4.36. The summed E-state index contributed by atoms with van der Waals surface area (Å²) in [4.78, 5) is 2.35. The first kappa shape index (κ1) is 14.8. The summed E-state index contributed by atoms with van der Waals surface area (Å²) >= 11 is 6.45. The fourth-order valence-electron chi connectivity index (χ4n) is 2.84. The summed E-state index contributed by atoms with van der Waals surface area (Å²) in [5.41, 5.74) is 2.08. The zero-order valence-corrected chi connectivity index (χ0v) is 12.7. The average molecular weight is 286 g/mol. The normalized spacial score (nSPS) is 20.9. The minimum atomic E-state index is 0.235. The molecular weight excluding hydrogens is 262 g/mol. The van der Waals surface area contributed by atoms with Crippen LogP contribution in [0.4, 0.5) is 0 Å². The van der Waals surface area contributed by atoms with Gasteiger partial charge in [0.25, 0.3) is 0 Å². The number of hydrogen-bond donors (Lipinski definition) is 1. The number of halogens is 1. The average Bonchev–Trinajstić information content (AvgIpc) is 2.76. The van der Waals surface area contributed by atoms with E-state index in [1.165, 1.54) is 12.8 Å². The SMILES string of the molecule is CCc1nn(CC)c(CN2CCCCC2CO)c1Cl. The van der Waals surface area contributed by atoms with Crippen molar-refractivity contribution in [1.29, 1.82) is 0 Å². The molecule has 0 saturated carbocycles. The molecule has 2 rings (SSSR count). The van der Waals surface area contributed by atoms with Crippen molar-refractivity contribution in [3.8, 4) is 0 Å². The zero-order valence-electron chi connectivity index (χ0n) is 11.9. The van der Waals surface area contributed by atoms with E-state index >= 15 is 0 Å². The number of piperidine rings is 1. The van der Waals surface area contributed by atoms with Gasteiger partial charge in [0.1, 0.15) is 0 Å². The van der Waals surface area contributed by atoms with Crippen LogP contribution in [0.1, 0.15) is 44.5 Å². The number of nitrogens with zero attached hydrogens (tertiary/aromatic N) is 3. The third kappa shape index (κ3) is 3.12. The Bertz CT molecular complexity index is 419. The molecule has 0 radical (unpaired) electrons. The van der Waals surface area contributed by atoms with E-state index in [4.69, 9.17) is 11.6 Å². The van der Waals surface area contributed by atoms with Crippen LogP contribution < -0.4 is 0 Å². The predicted octanol–water partition coefficient (Wildman–Crippen LogP) is 2.47. The molecule has 2 heterocycles. The number of likely N-dealkylation sites (tertiary alicyclic amines) is 1. The van der Waals surface area contributed by atoms with Crippen LogP contribution in [0.2, 0.25) is 5.02 Å². The molecule has 0 spiro atoms. The Morgan fingerprint density at radius 1 is 1.37 bits per heavy atom. The zero-order chi connectivity index (χ0) is 13.8. The number of aliphatic hydroxyl groups is 1. The van der Waals surface area contributed by atoms with Gasteiger partial charge in [-0.2, -0.15) is 5.10 Å². The Morgan fingerprint density at radius 2 is 2.16 bits per heavy atom. The molecule has 4 nitrogen and oxygen atoms in total. The predicted molar refractivity (Wildman–Crippen MR) is 77.4 cm³/mol. The van der Waals surface area contributed by atoms with E-state index in [1.807, 2.05) is 4.68 Å². The molecule has 1 aromatic heterocycles. The second-order valence-electron chi connectivity index (χ2n) is 5.18. The van der Waals surface area contributed by atoms with Gasteiger partial charge in [-0.15, -0.1) is 0 Å². The molecule has 1 fully saturated rings. The second kappa shape index (κ2) is 6.73. The van der Waals surface area contributed by atoms with E-state index in [0.29, 0.717) is 0 Å². The first-order chi connectivity index (χ1) is 9.21. The largest absolute Gasteiger partial charge is 0.395 e. The lowest BCUT2D eigenvalue weighted by molar-refractivity contribution is 0.0818. The summed E-state index contributed by atoms with van der Waals surface area (Å²) in [6.45, 7) is 7.08. The highest BCUT2D eigenvalue weighted by molar-refractivity contribution is 6.31. The minimum absolute atomic E-state index is 0.235. The number of hydrogen-bond acceptors (Lipinski definition) is 3. The Morgan fingerprint density at radius 3 is 2.79 bits per heavy atom. The van der Waals surface area contributed by atoms with Gasteiger partial charge in [-0.05, 0) is 32.7 Å². The molecule has 1 atom stereocenters. The van der Waals surface area contributed by atoms with E-state index < -0.39 is 0 Å². The van der Waals surface area contributed by atoms with Gasteiger partial charge in [0.15, 0.2) is 0 Å². The van der Waals surface area contributed by atoms with Gasteiger partial charge in [0, 0.05) is 19.1 Å². The van der Waals surface area contributed by atoms with Crippen LogP contribution in [0.15, 0.2) is 0 Å². The lowest BCUT2D eigenvalue weighted by atomic mass is 10.0. The van der Waals surface area contributed by atoms with Crippen LogP contribution in [0.5, 0.6) is 0 Å². The van der Waals surface area contributed by atoms with E-state index in [1.54, 1.807) is 0 Å². The Kier molecular flexibility index (Phi) is 5.25. The van der Waals surface area contributed by atoms with Crippen molar-refractivity contribution in [3.63, 3.8) is 0 Å². The van der Waals surface area contributed by atoms with Crippen molar-refractivity contribution in [3.05, 3.63) is 16.4 Å². The molecule has 1 aliphatic heterocycles. The third-order valence-electron chi connectivity index (χ3n) is 4.01. The molecular formula is C14H24ClN3O. The molecule has 108 valence electrons. The van der Waals surface area contributed by atoms with Crippen LogP contribution in [0.25, 0.3) is 0 Å². The van der Waals surface area contributed by atoms with E-state index in [-0.39, 0.29) is 12.6 Å². The number of aliphatic hydroxyl groups excluding tert-OH is 1. The third-order valence-corrected chi connectivity index (χ3v) is 4.44. The minimum Gasteiger partial charge on any atom is -0.395 e. The van der Waals surface area contributed by atoms with Crippen molar-refractivity contribution in [2.75, 3.05) is 13.2 Å². The number of aryl methyl sites for hydroxylation is 2. The van der Waals surface area contributed by atoms with E-state index in [0.717, 1.165) is 48.9 Å². The molecule has 1 aliphatic rings. The van der Waals surface area contributed by atoms with Crippen LogP contribution in [0, 0.1) is 0 Å². The summed E-state index contributed by atoms with van der Waals surface area (Å²) in [7, 11) is 0. The molecule has 0 aliphatic carbocycles. The standard InChI is InChI=1S/C14H24ClN3O/c1-3-12-14(15)13(18(4-2)16-12)9-17-8-6-5-7-11(17)10-19/h11,19H,3-10H2,1-2H3. The highest BCUT2D eigenvalue weighted by Gasteiger charge is 2.24. The number of aromatic nitrogens is 2. The van der Waals surface area contributed by atoms with Gasteiger partial charge in [0.05, 0.1) is 23.0 Å². The smallest absolute Gasteiger partial charge is 0.0863 e. The monoisotopic (exact) mass is 285 g/mol. The first-order valence-corrected chi connectivity index (χ1v) is 7.68. The van der Waals surface area contributed by atoms with Crippen LogP contribution in [0.3, 0.4) is 0 Å². The Labute approximate surface area is 120 Å². The lowest BCUT2D eigenvalue weighted by Gasteiger charge is -2.34. The van der Waals surface area contributed by atoms with Crippen LogP contribution in [-0.2, 0) is 19.5 Å². The number of rotatable bonds is 5. The van der Waals surface area contributed by atoms with Gasteiger partial charge in [-0.1, -0.05) is 24.9 Å². The first-order valence-electron chi connectivity index (χ1n) is 7.30. The van der Waals surface area contributed by atoms with Crippen LogP contribution >= 0.6 is 11.6 Å². The fourth-order valence-corrected chi connectivity index (χ4v) is 3.16. The maximum atomic E-state index is 9.49. The van der Waals surface area contributed by atoms with Crippen molar-refractivity contribution < 1.29 is 5.11 Å². The molecule has 1 saturated heterocycles. The van der Waals surface area contributed by atoms with Crippen molar-refractivity contribution in [1.82, 2.24) is 14.7 Å². The van der Waals surface area contributed by atoms with Gasteiger partial charge in [-0.3, -0.25) is 9.58 Å². The molecule has 1 aromatic rings. The summed E-state index contributed by atoms with van der Waals surface area (Å²) in [6, 6.07) is 0.273. The van der Waals surface area contributed by atoms with Gasteiger partial charge in [0.2, 0.25) is 0 Å². The molecule has 0 bridgehead atoms. The highest BCUT2D eigenvalue weighted by Crippen LogP contribution is 2.26. The van der Waals surface area contributed by atoms with Crippen molar-refractivity contribution in [2.24, 2.45) is 0 Å². The maximum absolute atomic E-state index is 9.49. The summed E-state index contributed by atoms with van der Waals surface area (Å²) in [5, 5.41) is 14.9. The lowest BCUT2D eigenvalue weighted by Crippen LogP contribution is -2.41. The van der Waals surface area contributed by atoms with Gasteiger partial charge >= 0.3 is 0 Å². The van der Waals surface area contributed by atoms with E-state index in [2.05, 4.69) is 23.8 Å². The maximum Gasteiger partial charge on any atom is 0.0863 e. The molecule has 1 unspecified atom stereocenters. The molecule has 5 heteroatoms. The second-order valence-corrected chi connectivity index (χ2v) is 5.56. The van der Waals surface area contributed by atoms with Gasteiger partial charge in [-0.25, -0.2) is 0 Å². The van der Waals surface area contributed by atoms with Crippen LogP contribution in [-0.4, -0.2) is 39.0 Å².